The van der Waals surface area contributed by atoms with Crippen LogP contribution in [0.5, 0.6) is 17.2 Å². The first-order valence-corrected chi connectivity index (χ1v) is 8.23. The van der Waals surface area contributed by atoms with Crippen LogP contribution < -0.4 is 30.4 Å². The zero-order chi connectivity index (χ0) is 17.5. The monoisotopic (exact) mass is 346 g/mol. The number of para-hydroxylation sites is 1. The lowest BCUT2D eigenvalue weighted by Crippen LogP contribution is -2.27. The van der Waals surface area contributed by atoms with Gasteiger partial charge in [0.2, 0.25) is 5.75 Å². The average molecular weight is 346 g/mol. The highest BCUT2D eigenvalue weighted by Crippen LogP contribution is 2.38. The summed E-state index contributed by atoms with van der Waals surface area (Å²) in [5.41, 5.74) is 0.581. The fourth-order valence-electron chi connectivity index (χ4n) is 2.38. The summed E-state index contributed by atoms with van der Waals surface area (Å²) in [5.74, 6) is 2.10. The van der Waals surface area contributed by atoms with Gasteiger partial charge in [-0.05, 0) is 12.1 Å². The summed E-state index contributed by atoms with van der Waals surface area (Å²) < 4.78 is 18.2. The predicted molar refractivity (Wildman–Crippen MR) is 93.8 cm³/mol. The minimum absolute atomic E-state index is 0.135. The fourth-order valence-corrected chi connectivity index (χ4v) is 2.38. The maximum Gasteiger partial charge on any atom is 0.268 e. The summed E-state index contributed by atoms with van der Waals surface area (Å²) in [6, 6.07) is 7.16. The summed E-state index contributed by atoms with van der Waals surface area (Å²) in [4.78, 5) is 11.5. The Balaban J connectivity index is 1.34. The van der Waals surface area contributed by atoms with Crippen molar-refractivity contribution < 1.29 is 14.2 Å². The Hall–Kier alpha value is -2.74. The van der Waals surface area contributed by atoms with Crippen LogP contribution in [0.3, 0.4) is 0 Å². The molecule has 0 saturated carbocycles. The van der Waals surface area contributed by atoms with Gasteiger partial charge in [0.25, 0.3) is 5.56 Å². The average Bonchev–Trinajstić information content (AvgIpc) is 2.64. The molecule has 0 saturated heterocycles. The van der Waals surface area contributed by atoms with Crippen LogP contribution in [0, 0.1) is 0 Å². The van der Waals surface area contributed by atoms with Gasteiger partial charge >= 0.3 is 0 Å². The zero-order valence-electron chi connectivity index (χ0n) is 14.2. The SMILES string of the molecule is Cn1ncc(NCCNCCOc2cccc3c2OCCO3)cc1=O. The third-order valence-corrected chi connectivity index (χ3v) is 3.67. The molecule has 0 fully saturated rings. The van der Waals surface area contributed by atoms with Crippen molar-refractivity contribution in [3.63, 3.8) is 0 Å². The van der Waals surface area contributed by atoms with Crippen molar-refractivity contribution in [3.8, 4) is 17.2 Å². The lowest BCUT2D eigenvalue weighted by atomic mass is 10.3. The molecule has 2 N–H and O–H groups in total. The van der Waals surface area contributed by atoms with E-state index in [2.05, 4.69) is 15.7 Å². The quantitative estimate of drug-likeness (QED) is 0.678. The molecule has 134 valence electrons. The molecule has 0 radical (unpaired) electrons. The van der Waals surface area contributed by atoms with E-state index in [9.17, 15) is 4.79 Å². The van der Waals surface area contributed by atoms with Crippen molar-refractivity contribution in [2.24, 2.45) is 7.05 Å². The van der Waals surface area contributed by atoms with Gasteiger partial charge in [-0.3, -0.25) is 4.79 Å². The van der Waals surface area contributed by atoms with Crippen LogP contribution in [0.1, 0.15) is 0 Å². The number of aryl methyl sites for hydroxylation is 1. The molecule has 1 aromatic heterocycles. The topological polar surface area (TPSA) is 86.6 Å². The summed E-state index contributed by atoms with van der Waals surface area (Å²) in [7, 11) is 1.62. The molecule has 0 bridgehead atoms. The van der Waals surface area contributed by atoms with E-state index in [4.69, 9.17) is 14.2 Å². The molecule has 0 spiro atoms. The van der Waals surface area contributed by atoms with Crippen molar-refractivity contribution in [1.29, 1.82) is 0 Å². The van der Waals surface area contributed by atoms with Crippen LogP contribution >= 0.6 is 0 Å². The first-order valence-electron chi connectivity index (χ1n) is 8.23. The van der Waals surface area contributed by atoms with E-state index in [0.717, 1.165) is 12.3 Å². The van der Waals surface area contributed by atoms with E-state index in [0.29, 0.717) is 50.1 Å². The van der Waals surface area contributed by atoms with Crippen molar-refractivity contribution >= 4 is 5.69 Å². The van der Waals surface area contributed by atoms with Crippen molar-refractivity contribution in [2.75, 3.05) is 44.8 Å². The first kappa shape index (κ1) is 17.1. The second-order valence-corrected chi connectivity index (χ2v) is 5.51. The van der Waals surface area contributed by atoms with Gasteiger partial charge in [-0.2, -0.15) is 5.10 Å². The smallest absolute Gasteiger partial charge is 0.268 e. The third kappa shape index (κ3) is 4.63. The molecule has 3 rings (SSSR count). The number of nitrogens with one attached hydrogen (secondary N) is 2. The van der Waals surface area contributed by atoms with Gasteiger partial charge in [0.1, 0.15) is 19.8 Å². The highest BCUT2D eigenvalue weighted by molar-refractivity contribution is 5.51. The minimum Gasteiger partial charge on any atom is -0.488 e. The van der Waals surface area contributed by atoms with Gasteiger partial charge in [-0.15, -0.1) is 0 Å². The highest BCUT2D eigenvalue weighted by Gasteiger charge is 2.16. The summed E-state index contributed by atoms with van der Waals surface area (Å²) in [6.45, 7) is 3.74. The molecule has 1 aliphatic rings. The lowest BCUT2D eigenvalue weighted by molar-refractivity contribution is 0.162. The summed E-state index contributed by atoms with van der Waals surface area (Å²) in [6.07, 6.45) is 1.63. The van der Waals surface area contributed by atoms with Crippen molar-refractivity contribution in [3.05, 3.63) is 40.8 Å². The number of rotatable bonds is 8. The van der Waals surface area contributed by atoms with Gasteiger partial charge in [0.05, 0.1) is 11.9 Å². The van der Waals surface area contributed by atoms with Crippen LogP contribution in [0.25, 0.3) is 0 Å². The summed E-state index contributed by atoms with van der Waals surface area (Å²) in [5, 5.41) is 10.4. The normalized spacial score (nSPS) is 12.7. The van der Waals surface area contributed by atoms with Gasteiger partial charge in [-0.25, -0.2) is 4.68 Å². The molecule has 25 heavy (non-hydrogen) atoms. The zero-order valence-corrected chi connectivity index (χ0v) is 14.2. The molecule has 0 atom stereocenters. The Morgan fingerprint density at radius 3 is 3.00 bits per heavy atom. The number of hydrogen-bond donors (Lipinski definition) is 2. The van der Waals surface area contributed by atoms with Gasteiger partial charge in [0, 0.05) is 32.7 Å². The van der Waals surface area contributed by atoms with E-state index < -0.39 is 0 Å². The molecule has 8 heteroatoms. The number of hydrogen-bond acceptors (Lipinski definition) is 7. The van der Waals surface area contributed by atoms with Crippen LogP contribution in [0.15, 0.2) is 35.3 Å². The molecule has 1 aliphatic heterocycles. The first-order chi connectivity index (χ1) is 12.2. The Morgan fingerprint density at radius 1 is 1.24 bits per heavy atom. The number of anilines is 1. The molecule has 1 aromatic carbocycles. The molecule has 2 heterocycles. The Kier molecular flexibility index (Phi) is 5.73. The van der Waals surface area contributed by atoms with Crippen LogP contribution in [-0.2, 0) is 7.05 Å². The second-order valence-electron chi connectivity index (χ2n) is 5.51. The number of aromatic nitrogens is 2. The van der Waals surface area contributed by atoms with Crippen LogP contribution in [0.2, 0.25) is 0 Å². The standard InChI is InChI=1S/C17H22N4O4/c1-21-16(22)11-13(12-20-21)19-6-5-18-7-8-23-14-3-2-4-15-17(14)25-10-9-24-15/h2-4,11-12,18-19H,5-10H2,1H3. The van der Waals surface area contributed by atoms with E-state index in [1.54, 1.807) is 13.2 Å². The Labute approximate surface area is 145 Å². The number of fused-ring (bicyclic) bond motifs is 1. The Morgan fingerprint density at radius 2 is 2.12 bits per heavy atom. The molecule has 2 aromatic rings. The lowest BCUT2D eigenvalue weighted by Gasteiger charge is -2.20. The van der Waals surface area contributed by atoms with Crippen molar-refractivity contribution in [1.82, 2.24) is 15.1 Å². The maximum atomic E-state index is 11.5. The van der Waals surface area contributed by atoms with E-state index in [1.807, 2.05) is 18.2 Å². The third-order valence-electron chi connectivity index (χ3n) is 3.67. The number of benzene rings is 1. The minimum atomic E-state index is -0.135. The molecular formula is C17H22N4O4. The Bertz CT molecular complexity index is 763. The number of nitrogens with zero attached hydrogens (tertiary/aromatic N) is 2. The largest absolute Gasteiger partial charge is 0.488 e. The molecule has 0 unspecified atom stereocenters. The summed E-state index contributed by atoms with van der Waals surface area (Å²) >= 11 is 0. The molecule has 8 nitrogen and oxygen atoms in total. The maximum absolute atomic E-state index is 11.5. The van der Waals surface area contributed by atoms with E-state index in [-0.39, 0.29) is 5.56 Å². The molecule has 0 aliphatic carbocycles. The van der Waals surface area contributed by atoms with Gasteiger partial charge in [0.15, 0.2) is 11.5 Å². The highest BCUT2D eigenvalue weighted by atomic mass is 16.6. The molecule has 0 amide bonds. The molecular weight excluding hydrogens is 324 g/mol. The van der Waals surface area contributed by atoms with Gasteiger partial charge < -0.3 is 24.8 Å². The number of ether oxygens (including phenoxy) is 3. The van der Waals surface area contributed by atoms with Crippen LogP contribution in [0.4, 0.5) is 5.69 Å². The fraction of sp³-hybridized carbons (Fsp3) is 0.412. The van der Waals surface area contributed by atoms with Crippen LogP contribution in [-0.4, -0.2) is 49.2 Å². The van der Waals surface area contributed by atoms with Crippen molar-refractivity contribution in [2.45, 2.75) is 0 Å². The predicted octanol–water partition coefficient (Wildman–Crippen LogP) is 0.632. The van der Waals surface area contributed by atoms with E-state index >= 15 is 0 Å². The second kappa shape index (κ2) is 8.39. The van der Waals surface area contributed by atoms with E-state index in [1.165, 1.54) is 10.7 Å². The van der Waals surface area contributed by atoms with Gasteiger partial charge in [-0.1, -0.05) is 6.07 Å².